The summed E-state index contributed by atoms with van der Waals surface area (Å²) >= 11 is 4.40. The molecule has 1 saturated carbocycles. The second-order valence-corrected chi connectivity index (χ2v) is 5.40. The van der Waals surface area contributed by atoms with Gasteiger partial charge in [-0.15, -0.1) is 0 Å². The first-order valence-electron chi connectivity index (χ1n) is 6.34. The maximum absolute atomic E-state index is 13.4. The molecule has 0 radical (unpaired) electrons. The molecule has 2 rings (SSSR count). The van der Waals surface area contributed by atoms with Crippen molar-refractivity contribution >= 4 is 12.6 Å². The molecule has 0 N–H and O–H groups in total. The lowest BCUT2D eigenvalue weighted by Crippen LogP contribution is -2.33. The van der Waals surface area contributed by atoms with Gasteiger partial charge in [0.25, 0.3) is 0 Å². The van der Waals surface area contributed by atoms with Gasteiger partial charge >= 0.3 is 0 Å². The van der Waals surface area contributed by atoms with E-state index >= 15 is 0 Å². The van der Waals surface area contributed by atoms with Gasteiger partial charge in [-0.2, -0.15) is 12.6 Å². The maximum atomic E-state index is 13.4. The first-order chi connectivity index (χ1) is 8.65. The number of halogens is 2. The third-order valence-corrected chi connectivity index (χ3v) is 4.35. The molecule has 1 nitrogen and oxygen atoms in total. The van der Waals surface area contributed by atoms with Crippen LogP contribution in [0.15, 0.2) is 18.2 Å². The van der Waals surface area contributed by atoms with Crippen molar-refractivity contribution in [1.82, 2.24) is 0 Å². The van der Waals surface area contributed by atoms with E-state index in [0.29, 0.717) is 6.61 Å². The Balaban J connectivity index is 2.01. The van der Waals surface area contributed by atoms with Crippen LogP contribution in [0.2, 0.25) is 0 Å². The van der Waals surface area contributed by atoms with Crippen molar-refractivity contribution in [2.75, 3.05) is 12.4 Å². The van der Waals surface area contributed by atoms with Crippen molar-refractivity contribution in [2.45, 2.75) is 32.1 Å². The van der Waals surface area contributed by atoms with Crippen LogP contribution < -0.4 is 4.74 Å². The van der Waals surface area contributed by atoms with E-state index < -0.39 is 11.6 Å². The third kappa shape index (κ3) is 3.16. The molecule has 100 valence electrons. The standard InChI is InChI=1S/C14H18F2OS/c15-11-4-5-13(12(16)8-11)17-9-14(10-18)6-2-1-3-7-14/h4-5,8,18H,1-3,6-7,9-10H2. The molecule has 1 aliphatic rings. The molecule has 4 heteroatoms. The molecule has 0 unspecified atom stereocenters. The van der Waals surface area contributed by atoms with Gasteiger partial charge < -0.3 is 4.74 Å². The summed E-state index contributed by atoms with van der Waals surface area (Å²) in [4.78, 5) is 0. The zero-order chi connectivity index (χ0) is 13.0. The lowest BCUT2D eigenvalue weighted by molar-refractivity contribution is 0.117. The summed E-state index contributed by atoms with van der Waals surface area (Å²) in [7, 11) is 0. The van der Waals surface area contributed by atoms with Crippen LogP contribution in [0.5, 0.6) is 5.75 Å². The largest absolute Gasteiger partial charge is 0.490 e. The van der Waals surface area contributed by atoms with Crippen LogP contribution in [-0.4, -0.2) is 12.4 Å². The van der Waals surface area contributed by atoms with Gasteiger partial charge in [-0.05, 0) is 30.7 Å². The summed E-state index contributed by atoms with van der Waals surface area (Å²) in [6.07, 6.45) is 5.74. The SMILES string of the molecule is Fc1ccc(OCC2(CS)CCCCC2)c(F)c1. The second kappa shape index (κ2) is 5.91. The number of hydrogen-bond donors (Lipinski definition) is 1. The minimum atomic E-state index is -0.639. The second-order valence-electron chi connectivity index (χ2n) is 5.08. The molecule has 0 spiro atoms. The average Bonchev–Trinajstić information content (AvgIpc) is 2.39. The zero-order valence-corrected chi connectivity index (χ0v) is 11.2. The number of benzene rings is 1. The molecule has 0 atom stereocenters. The number of ether oxygens (including phenoxy) is 1. The predicted octanol–water partition coefficient (Wildman–Crippen LogP) is 4.22. The molecule has 0 saturated heterocycles. The molecular weight excluding hydrogens is 254 g/mol. The summed E-state index contributed by atoms with van der Waals surface area (Å²) in [5.41, 5.74) is 0.0438. The summed E-state index contributed by atoms with van der Waals surface area (Å²) < 4.78 is 31.8. The molecule has 1 aromatic rings. The zero-order valence-electron chi connectivity index (χ0n) is 10.3. The van der Waals surface area contributed by atoms with E-state index in [1.807, 2.05) is 0 Å². The quantitative estimate of drug-likeness (QED) is 0.807. The maximum Gasteiger partial charge on any atom is 0.167 e. The minimum Gasteiger partial charge on any atom is -0.490 e. The molecule has 18 heavy (non-hydrogen) atoms. The molecular formula is C14H18F2OS. The molecule has 0 bridgehead atoms. The molecule has 0 amide bonds. The Morgan fingerprint density at radius 2 is 1.89 bits per heavy atom. The van der Waals surface area contributed by atoms with Gasteiger partial charge in [-0.3, -0.25) is 0 Å². The van der Waals surface area contributed by atoms with E-state index in [0.717, 1.165) is 24.7 Å². The van der Waals surface area contributed by atoms with Crippen molar-refractivity contribution in [3.63, 3.8) is 0 Å². The van der Waals surface area contributed by atoms with Gasteiger partial charge in [0.05, 0.1) is 6.61 Å². The van der Waals surface area contributed by atoms with Crippen molar-refractivity contribution in [3.05, 3.63) is 29.8 Å². The molecule has 0 aromatic heterocycles. The fraction of sp³-hybridized carbons (Fsp3) is 0.571. The van der Waals surface area contributed by atoms with E-state index in [2.05, 4.69) is 12.6 Å². The van der Waals surface area contributed by atoms with E-state index in [-0.39, 0.29) is 11.2 Å². The molecule has 1 aliphatic carbocycles. The van der Waals surface area contributed by atoms with E-state index in [1.165, 1.54) is 31.4 Å². The average molecular weight is 272 g/mol. The Kier molecular flexibility index (Phi) is 4.49. The highest BCUT2D eigenvalue weighted by molar-refractivity contribution is 7.80. The molecule has 0 heterocycles. The van der Waals surface area contributed by atoms with Crippen LogP contribution >= 0.6 is 12.6 Å². The summed E-state index contributed by atoms with van der Waals surface area (Å²) in [5.74, 6) is -0.347. The van der Waals surface area contributed by atoms with Crippen LogP contribution in [0.25, 0.3) is 0 Å². The van der Waals surface area contributed by atoms with Gasteiger partial charge in [0.1, 0.15) is 5.82 Å². The van der Waals surface area contributed by atoms with Gasteiger partial charge in [0.15, 0.2) is 11.6 Å². The Labute approximate surface area is 112 Å². The van der Waals surface area contributed by atoms with E-state index in [1.54, 1.807) is 0 Å². The monoisotopic (exact) mass is 272 g/mol. The van der Waals surface area contributed by atoms with Crippen molar-refractivity contribution in [2.24, 2.45) is 5.41 Å². The Hall–Kier alpha value is -0.770. The predicted molar refractivity (Wildman–Crippen MR) is 71.2 cm³/mol. The normalized spacial score (nSPS) is 18.6. The summed E-state index contributed by atoms with van der Waals surface area (Å²) in [6.45, 7) is 0.457. The molecule has 0 aliphatic heterocycles. The first kappa shape index (κ1) is 13.7. The van der Waals surface area contributed by atoms with Crippen LogP contribution in [0, 0.1) is 17.0 Å². The van der Waals surface area contributed by atoms with Crippen LogP contribution in [-0.2, 0) is 0 Å². The third-order valence-electron chi connectivity index (χ3n) is 3.68. The first-order valence-corrected chi connectivity index (χ1v) is 6.97. The molecule has 1 aromatic carbocycles. The number of thiol groups is 1. The number of rotatable bonds is 4. The van der Waals surface area contributed by atoms with Crippen molar-refractivity contribution in [1.29, 1.82) is 0 Å². The van der Waals surface area contributed by atoms with Gasteiger partial charge in [0.2, 0.25) is 0 Å². The highest BCUT2D eigenvalue weighted by Gasteiger charge is 2.31. The van der Waals surface area contributed by atoms with E-state index in [9.17, 15) is 8.78 Å². The minimum absolute atomic E-state index is 0.0438. The fourth-order valence-electron chi connectivity index (χ4n) is 2.47. The Morgan fingerprint density at radius 1 is 1.17 bits per heavy atom. The van der Waals surface area contributed by atoms with E-state index in [4.69, 9.17) is 4.74 Å². The van der Waals surface area contributed by atoms with Gasteiger partial charge in [-0.25, -0.2) is 8.78 Å². The van der Waals surface area contributed by atoms with Crippen LogP contribution in [0.3, 0.4) is 0 Å². The summed E-state index contributed by atoms with van der Waals surface area (Å²) in [6, 6.07) is 3.41. The fourth-order valence-corrected chi connectivity index (χ4v) is 2.88. The topological polar surface area (TPSA) is 9.23 Å². The van der Waals surface area contributed by atoms with Crippen LogP contribution in [0.1, 0.15) is 32.1 Å². The smallest absolute Gasteiger partial charge is 0.167 e. The lowest BCUT2D eigenvalue weighted by atomic mass is 9.76. The lowest BCUT2D eigenvalue weighted by Gasteiger charge is -2.35. The highest BCUT2D eigenvalue weighted by atomic mass is 32.1. The summed E-state index contributed by atoms with van der Waals surface area (Å²) in [5, 5.41) is 0. The Bertz CT molecular complexity index is 403. The van der Waals surface area contributed by atoms with Crippen LogP contribution in [0.4, 0.5) is 8.78 Å². The Morgan fingerprint density at radius 3 is 2.50 bits per heavy atom. The number of hydrogen-bond acceptors (Lipinski definition) is 2. The van der Waals surface area contributed by atoms with Crippen molar-refractivity contribution < 1.29 is 13.5 Å². The van der Waals surface area contributed by atoms with Crippen molar-refractivity contribution in [3.8, 4) is 5.75 Å². The molecule has 1 fully saturated rings. The highest BCUT2D eigenvalue weighted by Crippen LogP contribution is 2.38. The van der Waals surface area contributed by atoms with Gasteiger partial charge in [-0.1, -0.05) is 19.3 Å². The van der Waals surface area contributed by atoms with Gasteiger partial charge in [0, 0.05) is 11.5 Å².